The van der Waals surface area contributed by atoms with E-state index in [-0.39, 0.29) is 5.76 Å². The van der Waals surface area contributed by atoms with E-state index >= 15 is 0 Å². The smallest absolute Gasteiger partial charge is 0.414 e. The lowest BCUT2D eigenvalue weighted by molar-refractivity contribution is 0.181. The number of ether oxygens (including phenoxy) is 1. The van der Waals surface area contributed by atoms with Crippen LogP contribution in [-0.4, -0.2) is 14.5 Å². The van der Waals surface area contributed by atoms with E-state index in [2.05, 4.69) is 4.74 Å². The van der Waals surface area contributed by atoms with Gasteiger partial charge >= 0.3 is 6.09 Å². The minimum Gasteiger partial charge on any atom is -0.414 e. The highest BCUT2D eigenvalue weighted by Gasteiger charge is 2.19. The zero-order valence-corrected chi connectivity index (χ0v) is 5.94. The third-order valence-electron chi connectivity index (χ3n) is 0.800. The molecule has 1 aliphatic heterocycles. The first-order valence-electron chi connectivity index (χ1n) is 2.42. The Labute approximate surface area is 57.7 Å². The second-order valence-corrected chi connectivity index (χ2v) is 3.29. The van der Waals surface area contributed by atoms with Crippen molar-refractivity contribution in [1.29, 1.82) is 0 Å². The summed E-state index contributed by atoms with van der Waals surface area (Å²) in [5, 5.41) is 0.842. The summed E-state index contributed by atoms with van der Waals surface area (Å²) >= 11 is 0. The van der Waals surface area contributed by atoms with Crippen LogP contribution < -0.4 is 4.72 Å². The number of sulfonamides is 1. The van der Waals surface area contributed by atoms with Crippen molar-refractivity contribution in [3.8, 4) is 0 Å². The van der Waals surface area contributed by atoms with E-state index in [4.69, 9.17) is 0 Å². The second-order valence-electron chi connectivity index (χ2n) is 1.77. The molecule has 0 spiro atoms. The minimum atomic E-state index is -3.57. The van der Waals surface area contributed by atoms with E-state index in [0.29, 0.717) is 0 Å². The summed E-state index contributed by atoms with van der Waals surface area (Å²) in [5.74, 6) is 0.0729. The maximum absolute atomic E-state index is 10.6. The van der Waals surface area contributed by atoms with E-state index in [1.165, 1.54) is 6.92 Å². The molecule has 5 nitrogen and oxygen atoms in total. The van der Waals surface area contributed by atoms with E-state index in [9.17, 15) is 13.2 Å². The van der Waals surface area contributed by atoms with Gasteiger partial charge in [0.2, 0.25) is 0 Å². The lowest BCUT2D eigenvalue weighted by Crippen LogP contribution is -2.32. The van der Waals surface area contributed by atoms with Gasteiger partial charge in [0.1, 0.15) is 5.76 Å². The molecular weight excluding hydrogens is 158 g/mol. The Balaban J connectivity index is 3.07. The number of carbonyl (C=O) groups is 1. The SMILES string of the molecule is CC1=CS(=O)(=O)NC(=O)O1. The van der Waals surface area contributed by atoms with Gasteiger partial charge in [0, 0.05) is 0 Å². The van der Waals surface area contributed by atoms with E-state index in [0.717, 1.165) is 5.41 Å². The molecule has 0 aliphatic carbocycles. The fraction of sp³-hybridized carbons (Fsp3) is 0.250. The molecule has 0 radical (unpaired) electrons. The molecule has 10 heavy (non-hydrogen) atoms. The molecule has 0 saturated carbocycles. The van der Waals surface area contributed by atoms with Crippen LogP contribution in [0.15, 0.2) is 11.2 Å². The fourth-order valence-electron chi connectivity index (χ4n) is 0.555. The van der Waals surface area contributed by atoms with E-state index in [1.54, 1.807) is 4.72 Å². The Hall–Kier alpha value is -1.04. The third kappa shape index (κ3) is 1.47. The first-order valence-corrected chi connectivity index (χ1v) is 3.97. The van der Waals surface area contributed by atoms with Gasteiger partial charge in [-0.3, -0.25) is 0 Å². The van der Waals surface area contributed by atoms with Crippen LogP contribution in [0.25, 0.3) is 0 Å². The predicted octanol–water partition coefficient (Wildman–Crippen LogP) is -0.0827. The van der Waals surface area contributed by atoms with Gasteiger partial charge in [-0.15, -0.1) is 0 Å². The summed E-state index contributed by atoms with van der Waals surface area (Å²) < 4.78 is 27.1. The van der Waals surface area contributed by atoms with Gasteiger partial charge in [0.25, 0.3) is 10.0 Å². The maximum atomic E-state index is 10.6. The maximum Gasteiger partial charge on any atom is 0.426 e. The average molecular weight is 163 g/mol. The lowest BCUT2D eigenvalue weighted by atomic mass is 10.7. The molecule has 1 rings (SSSR count). The molecule has 1 heterocycles. The highest BCUT2D eigenvalue weighted by Crippen LogP contribution is 2.05. The molecule has 0 fully saturated rings. The van der Waals surface area contributed by atoms with Crippen LogP contribution in [0.2, 0.25) is 0 Å². The summed E-state index contributed by atoms with van der Waals surface area (Å²) in [7, 11) is -3.57. The van der Waals surface area contributed by atoms with Crippen LogP contribution >= 0.6 is 0 Å². The molecule has 0 atom stereocenters. The van der Waals surface area contributed by atoms with Gasteiger partial charge in [0.05, 0.1) is 5.41 Å². The summed E-state index contributed by atoms with van der Waals surface area (Å²) in [6.45, 7) is 1.39. The Morgan fingerprint density at radius 3 is 2.60 bits per heavy atom. The molecule has 0 unspecified atom stereocenters. The quantitative estimate of drug-likeness (QED) is 0.542. The molecule has 0 aromatic heterocycles. The number of amides is 1. The van der Waals surface area contributed by atoms with Crippen LogP contribution in [0.1, 0.15) is 6.92 Å². The number of hydrogen-bond acceptors (Lipinski definition) is 4. The standard InChI is InChI=1S/C4H5NO4S/c1-3-2-10(7,8)5-4(6)9-3/h2H,1H3,(H,5,6). The van der Waals surface area contributed by atoms with Crippen molar-refractivity contribution in [2.75, 3.05) is 0 Å². The highest BCUT2D eigenvalue weighted by molar-refractivity contribution is 7.93. The second kappa shape index (κ2) is 1.98. The molecule has 1 aliphatic rings. The van der Waals surface area contributed by atoms with Crippen LogP contribution in [0.5, 0.6) is 0 Å². The predicted molar refractivity (Wildman–Crippen MR) is 32.3 cm³/mol. The van der Waals surface area contributed by atoms with Crippen molar-refractivity contribution in [3.05, 3.63) is 11.2 Å². The van der Waals surface area contributed by atoms with Crippen molar-refractivity contribution in [2.24, 2.45) is 0 Å². The minimum absolute atomic E-state index is 0.0729. The molecular formula is C4H5NO4S. The van der Waals surface area contributed by atoms with Crippen LogP contribution in [-0.2, 0) is 14.8 Å². The van der Waals surface area contributed by atoms with Crippen molar-refractivity contribution >= 4 is 16.1 Å². The molecule has 0 bridgehead atoms. The zero-order chi connectivity index (χ0) is 7.78. The van der Waals surface area contributed by atoms with Crippen molar-refractivity contribution in [3.63, 3.8) is 0 Å². The number of allylic oxidation sites excluding steroid dienone is 1. The monoisotopic (exact) mass is 163 g/mol. The van der Waals surface area contributed by atoms with Gasteiger partial charge in [-0.2, -0.15) is 0 Å². The summed E-state index contributed by atoms with van der Waals surface area (Å²) in [5.41, 5.74) is 0. The summed E-state index contributed by atoms with van der Waals surface area (Å²) in [6, 6.07) is 0. The van der Waals surface area contributed by atoms with Crippen molar-refractivity contribution < 1.29 is 17.9 Å². The fourth-order valence-corrected chi connectivity index (χ4v) is 1.37. The van der Waals surface area contributed by atoms with Crippen LogP contribution in [0.3, 0.4) is 0 Å². The van der Waals surface area contributed by atoms with Gasteiger partial charge in [0.15, 0.2) is 0 Å². The molecule has 6 heteroatoms. The molecule has 0 aromatic rings. The first kappa shape index (κ1) is 7.07. The largest absolute Gasteiger partial charge is 0.426 e. The number of nitrogens with one attached hydrogen (secondary N) is 1. The zero-order valence-electron chi connectivity index (χ0n) is 5.12. The van der Waals surface area contributed by atoms with Gasteiger partial charge in [-0.25, -0.2) is 17.9 Å². The molecule has 1 N–H and O–H groups in total. The summed E-state index contributed by atoms with van der Waals surface area (Å²) in [6.07, 6.45) is -0.958. The van der Waals surface area contributed by atoms with Crippen LogP contribution in [0, 0.1) is 0 Å². The number of rotatable bonds is 0. The first-order chi connectivity index (χ1) is 4.49. The molecule has 0 saturated heterocycles. The normalized spacial score (nSPS) is 22.5. The number of carbonyl (C=O) groups excluding carboxylic acids is 1. The highest BCUT2D eigenvalue weighted by atomic mass is 32.2. The van der Waals surface area contributed by atoms with E-state index < -0.39 is 16.1 Å². The van der Waals surface area contributed by atoms with Gasteiger partial charge in [-0.1, -0.05) is 0 Å². The topological polar surface area (TPSA) is 72.5 Å². The molecule has 56 valence electrons. The van der Waals surface area contributed by atoms with Gasteiger partial charge in [-0.05, 0) is 6.92 Å². The Bertz CT molecular complexity index is 288. The lowest BCUT2D eigenvalue weighted by Gasteiger charge is -2.10. The van der Waals surface area contributed by atoms with E-state index in [1.807, 2.05) is 0 Å². The molecule has 1 amide bonds. The molecule has 0 aromatic carbocycles. The number of hydrogen-bond donors (Lipinski definition) is 1. The Morgan fingerprint density at radius 2 is 2.20 bits per heavy atom. The summed E-state index contributed by atoms with van der Waals surface area (Å²) in [4.78, 5) is 10.3. The van der Waals surface area contributed by atoms with Crippen LogP contribution in [0.4, 0.5) is 4.79 Å². The number of cyclic esters (lactones) is 1. The van der Waals surface area contributed by atoms with Crippen molar-refractivity contribution in [1.82, 2.24) is 4.72 Å². The third-order valence-corrected chi connectivity index (χ3v) is 1.89. The Morgan fingerprint density at radius 1 is 1.60 bits per heavy atom. The average Bonchev–Trinajstić information content (AvgIpc) is 1.54. The van der Waals surface area contributed by atoms with Crippen molar-refractivity contribution in [2.45, 2.75) is 6.92 Å². The Kier molecular flexibility index (Phi) is 1.40. The van der Waals surface area contributed by atoms with Gasteiger partial charge < -0.3 is 4.74 Å².